The van der Waals surface area contributed by atoms with E-state index in [1.165, 1.54) is 36.5 Å². The molecule has 0 fully saturated rings. The Morgan fingerprint density at radius 2 is 2.00 bits per heavy atom. The monoisotopic (exact) mass is 291 g/mol. The van der Waals surface area contributed by atoms with Gasteiger partial charge < -0.3 is 20.9 Å². The minimum absolute atomic E-state index is 0.0742. The zero-order chi connectivity index (χ0) is 15.4. The number of pyridine rings is 1. The lowest BCUT2D eigenvalue weighted by molar-refractivity contribution is 0.0631. The summed E-state index contributed by atoms with van der Waals surface area (Å²) in [4.78, 5) is 25.6. The van der Waals surface area contributed by atoms with E-state index in [0.717, 1.165) is 0 Å². The van der Waals surface area contributed by atoms with Crippen molar-refractivity contribution in [2.75, 3.05) is 5.73 Å². The third kappa shape index (κ3) is 3.44. The molecule has 0 aliphatic carbocycles. The number of anilines is 1. The Morgan fingerprint density at radius 1 is 1.24 bits per heavy atom. The highest BCUT2D eigenvalue weighted by atomic mass is 19.1. The summed E-state index contributed by atoms with van der Waals surface area (Å²) in [6.07, 6.45) is -0.0214. The van der Waals surface area contributed by atoms with Crippen molar-refractivity contribution in [2.24, 2.45) is 5.73 Å². The first-order valence-corrected chi connectivity index (χ1v) is 5.67. The van der Waals surface area contributed by atoms with Gasteiger partial charge in [-0.3, -0.25) is 0 Å². The van der Waals surface area contributed by atoms with Crippen molar-refractivity contribution < 1.29 is 23.5 Å². The number of esters is 1. The van der Waals surface area contributed by atoms with Gasteiger partial charge in [0.25, 0.3) is 0 Å². The van der Waals surface area contributed by atoms with Crippen LogP contribution in [0.4, 0.5) is 14.9 Å². The second-order valence-electron chi connectivity index (χ2n) is 3.85. The fourth-order valence-electron chi connectivity index (χ4n) is 1.46. The van der Waals surface area contributed by atoms with Crippen LogP contribution in [0.1, 0.15) is 10.5 Å². The molecule has 2 aromatic rings. The van der Waals surface area contributed by atoms with Crippen LogP contribution in [0.5, 0.6) is 11.5 Å². The molecule has 1 heterocycles. The molecule has 0 saturated carbocycles. The van der Waals surface area contributed by atoms with Crippen LogP contribution in [0, 0.1) is 5.82 Å². The summed E-state index contributed by atoms with van der Waals surface area (Å²) >= 11 is 0. The fraction of sp³-hybridized carbons (Fsp3) is 0. The standard InChI is InChI=1S/C13H10FN3O4/c14-11-8(15)2-1-3-10(11)20-7-4-5-17-9(6-7)12(18)21-13(16)19/h1-6H,15H2,(H2,16,19). The Morgan fingerprint density at radius 3 is 2.71 bits per heavy atom. The number of halogens is 1. The van der Waals surface area contributed by atoms with E-state index in [1.807, 2.05) is 0 Å². The largest absolute Gasteiger partial charge is 0.454 e. The Balaban J connectivity index is 2.24. The fourth-order valence-corrected chi connectivity index (χ4v) is 1.46. The summed E-state index contributed by atoms with van der Waals surface area (Å²) in [5.41, 5.74) is 9.85. The SMILES string of the molecule is NC(=O)OC(=O)c1cc(Oc2cccc(N)c2F)ccn1. The molecule has 1 amide bonds. The van der Waals surface area contributed by atoms with Gasteiger partial charge in [0, 0.05) is 12.3 Å². The number of primary amides is 1. The summed E-state index contributed by atoms with van der Waals surface area (Å²) in [6.45, 7) is 0. The van der Waals surface area contributed by atoms with Crippen LogP contribution < -0.4 is 16.2 Å². The zero-order valence-electron chi connectivity index (χ0n) is 10.6. The first kappa shape index (κ1) is 14.3. The Kier molecular flexibility index (Phi) is 3.98. The number of hydrogen-bond donors (Lipinski definition) is 2. The number of aromatic nitrogens is 1. The van der Waals surface area contributed by atoms with Gasteiger partial charge in [-0.15, -0.1) is 0 Å². The smallest absolute Gasteiger partial charge is 0.412 e. The molecule has 1 aromatic carbocycles. The van der Waals surface area contributed by atoms with Crippen molar-refractivity contribution in [3.8, 4) is 11.5 Å². The number of nitrogens with two attached hydrogens (primary N) is 2. The quantitative estimate of drug-likeness (QED) is 0.506. The molecule has 21 heavy (non-hydrogen) atoms. The average molecular weight is 291 g/mol. The van der Waals surface area contributed by atoms with Crippen LogP contribution in [0.25, 0.3) is 0 Å². The molecule has 0 saturated heterocycles. The van der Waals surface area contributed by atoms with Gasteiger partial charge >= 0.3 is 12.1 Å². The van der Waals surface area contributed by atoms with E-state index in [9.17, 15) is 14.0 Å². The first-order valence-electron chi connectivity index (χ1n) is 5.67. The Labute approximate surface area is 118 Å². The van der Waals surface area contributed by atoms with Crippen molar-refractivity contribution in [3.05, 3.63) is 48.0 Å². The minimum Gasteiger partial charge on any atom is -0.454 e. The molecule has 0 atom stereocenters. The number of hydrogen-bond acceptors (Lipinski definition) is 6. The minimum atomic E-state index is -1.25. The van der Waals surface area contributed by atoms with Crippen LogP contribution in [0.2, 0.25) is 0 Å². The molecule has 108 valence electrons. The van der Waals surface area contributed by atoms with Crippen LogP contribution in [-0.4, -0.2) is 17.0 Å². The Bertz CT molecular complexity index is 706. The van der Waals surface area contributed by atoms with E-state index in [-0.39, 0.29) is 22.9 Å². The van der Waals surface area contributed by atoms with Crippen molar-refractivity contribution in [3.63, 3.8) is 0 Å². The van der Waals surface area contributed by atoms with Crippen LogP contribution >= 0.6 is 0 Å². The maximum absolute atomic E-state index is 13.7. The van der Waals surface area contributed by atoms with Gasteiger partial charge in [0.2, 0.25) is 0 Å². The number of nitrogen functional groups attached to an aromatic ring is 1. The molecule has 8 heteroatoms. The predicted octanol–water partition coefficient (Wildman–Crippen LogP) is 1.83. The number of carbonyl (C=O) groups is 2. The number of carbonyl (C=O) groups excluding carboxylic acids is 2. The molecule has 0 aliphatic rings. The van der Waals surface area contributed by atoms with Gasteiger partial charge in [-0.1, -0.05) is 6.07 Å². The Hall–Kier alpha value is -3.16. The second kappa shape index (κ2) is 5.87. The number of nitrogens with zero attached hydrogens (tertiary/aromatic N) is 1. The van der Waals surface area contributed by atoms with E-state index in [4.69, 9.17) is 16.2 Å². The van der Waals surface area contributed by atoms with Gasteiger partial charge in [-0.2, -0.15) is 0 Å². The summed E-state index contributed by atoms with van der Waals surface area (Å²) in [6, 6.07) is 6.83. The topological polar surface area (TPSA) is 118 Å². The summed E-state index contributed by atoms with van der Waals surface area (Å²) < 4.78 is 23.1. The van der Waals surface area contributed by atoms with E-state index < -0.39 is 17.9 Å². The second-order valence-corrected chi connectivity index (χ2v) is 3.85. The average Bonchev–Trinajstić information content (AvgIpc) is 2.43. The van der Waals surface area contributed by atoms with Crippen molar-refractivity contribution >= 4 is 17.7 Å². The van der Waals surface area contributed by atoms with Crippen LogP contribution in [0.3, 0.4) is 0 Å². The normalized spacial score (nSPS) is 9.95. The van der Waals surface area contributed by atoms with Crippen molar-refractivity contribution in [1.29, 1.82) is 0 Å². The van der Waals surface area contributed by atoms with Crippen molar-refractivity contribution in [2.45, 2.75) is 0 Å². The van der Waals surface area contributed by atoms with Gasteiger partial charge in [0.1, 0.15) is 5.75 Å². The van der Waals surface area contributed by atoms with Gasteiger partial charge in [0.15, 0.2) is 17.3 Å². The van der Waals surface area contributed by atoms with Gasteiger partial charge in [0.05, 0.1) is 5.69 Å². The molecule has 7 nitrogen and oxygen atoms in total. The highest BCUT2D eigenvalue weighted by Gasteiger charge is 2.14. The van der Waals surface area contributed by atoms with E-state index in [1.54, 1.807) is 0 Å². The molecule has 0 unspecified atom stereocenters. The number of rotatable bonds is 3. The molecule has 0 radical (unpaired) electrons. The maximum atomic E-state index is 13.7. The molecular weight excluding hydrogens is 281 g/mol. The molecule has 1 aromatic heterocycles. The summed E-state index contributed by atoms with van der Waals surface area (Å²) in [5.74, 6) is -1.77. The molecule has 0 bridgehead atoms. The maximum Gasteiger partial charge on any atom is 0.412 e. The zero-order valence-corrected chi connectivity index (χ0v) is 10.6. The highest BCUT2D eigenvalue weighted by molar-refractivity contribution is 5.94. The van der Waals surface area contributed by atoms with E-state index in [2.05, 4.69) is 9.72 Å². The van der Waals surface area contributed by atoms with E-state index in [0.29, 0.717) is 0 Å². The summed E-state index contributed by atoms with van der Waals surface area (Å²) in [7, 11) is 0. The molecule has 0 aliphatic heterocycles. The number of ether oxygens (including phenoxy) is 2. The van der Waals surface area contributed by atoms with Gasteiger partial charge in [-0.05, 0) is 18.2 Å². The van der Waals surface area contributed by atoms with E-state index >= 15 is 0 Å². The number of amides is 1. The van der Waals surface area contributed by atoms with Crippen molar-refractivity contribution in [1.82, 2.24) is 4.98 Å². The lowest BCUT2D eigenvalue weighted by Gasteiger charge is -2.08. The van der Waals surface area contributed by atoms with Crippen LogP contribution in [-0.2, 0) is 4.74 Å². The highest BCUT2D eigenvalue weighted by Crippen LogP contribution is 2.27. The third-order valence-corrected chi connectivity index (χ3v) is 2.35. The van der Waals surface area contributed by atoms with Gasteiger partial charge in [-0.25, -0.2) is 19.0 Å². The number of benzene rings is 1. The predicted molar refractivity (Wildman–Crippen MR) is 70.1 cm³/mol. The molecule has 2 rings (SSSR count). The molecular formula is C13H10FN3O4. The lowest BCUT2D eigenvalue weighted by atomic mass is 10.3. The first-order chi connectivity index (χ1) is 9.97. The molecule has 0 spiro atoms. The third-order valence-electron chi connectivity index (χ3n) is 2.35. The van der Waals surface area contributed by atoms with Crippen LogP contribution in [0.15, 0.2) is 36.5 Å². The summed E-state index contributed by atoms with van der Waals surface area (Å²) in [5, 5.41) is 0. The lowest BCUT2D eigenvalue weighted by Crippen LogP contribution is -2.19. The molecule has 4 N–H and O–H groups in total.